The molecule has 0 aromatic carbocycles. The Morgan fingerprint density at radius 1 is 0.405 bits per heavy atom. The van der Waals surface area contributed by atoms with Gasteiger partial charge in [0.1, 0.15) is 73.2 Å². The van der Waals surface area contributed by atoms with Gasteiger partial charge in [0.25, 0.3) is 0 Å². The first-order valence-corrected chi connectivity index (χ1v) is 31.8. The summed E-state index contributed by atoms with van der Waals surface area (Å²) in [5.41, 5.74) is 0. The molecule has 0 saturated carbocycles. The number of carbonyl (C=O) groups is 1. The van der Waals surface area contributed by atoms with Crippen LogP contribution in [0.3, 0.4) is 0 Å². The van der Waals surface area contributed by atoms with Gasteiger partial charge in [0.05, 0.1) is 38.6 Å². The molecule has 3 saturated heterocycles. The van der Waals surface area contributed by atoms with Crippen LogP contribution < -0.4 is 5.32 Å². The monoisotopic (exact) mass is 1140 g/mol. The second-order valence-electron chi connectivity index (χ2n) is 23.2. The van der Waals surface area contributed by atoms with Crippen molar-refractivity contribution < 1.29 is 89.4 Å². The highest BCUT2D eigenvalue weighted by Gasteiger charge is 2.53. The van der Waals surface area contributed by atoms with Gasteiger partial charge in [0.15, 0.2) is 18.9 Å². The lowest BCUT2D eigenvalue weighted by molar-refractivity contribution is -0.379. The maximum Gasteiger partial charge on any atom is 0.220 e. The topological polar surface area (TPSA) is 307 Å². The van der Waals surface area contributed by atoms with E-state index in [0.29, 0.717) is 12.8 Å². The van der Waals surface area contributed by atoms with E-state index in [1.807, 2.05) is 6.92 Å². The van der Waals surface area contributed by atoms with E-state index in [1.54, 1.807) is 0 Å². The number of amides is 1. The van der Waals surface area contributed by atoms with Crippen LogP contribution in [-0.4, -0.2) is 193 Å². The second-order valence-corrected chi connectivity index (χ2v) is 23.2. The SMILES string of the molecule is CCCCCCCCCCCCCCCCCCCCCCCCCCCCCCCCCC(O)C(COC1OC(CO)C(OC2OC(CO)C(OC3OC(CO)C(O)C(O)C3O)C(O)C2O)C(O)C1O)NC(=O)CCCCC. The van der Waals surface area contributed by atoms with E-state index in [-0.39, 0.29) is 18.9 Å². The molecule has 0 bridgehead atoms. The van der Waals surface area contributed by atoms with Crippen molar-refractivity contribution >= 4 is 5.91 Å². The minimum atomic E-state index is -1.97. The Labute approximate surface area is 474 Å². The van der Waals surface area contributed by atoms with Crippen LogP contribution in [0.2, 0.25) is 0 Å². The number of unbranched alkanes of at least 4 members (excludes halogenated alkanes) is 32. The molecule has 1 amide bonds. The van der Waals surface area contributed by atoms with Crippen LogP contribution in [0.4, 0.5) is 0 Å². The molecule has 79 heavy (non-hydrogen) atoms. The van der Waals surface area contributed by atoms with Crippen molar-refractivity contribution in [2.45, 2.75) is 349 Å². The van der Waals surface area contributed by atoms with E-state index in [2.05, 4.69) is 12.2 Å². The van der Waals surface area contributed by atoms with Crippen LogP contribution in [0.25, 0.3) is 0 Å². The van der Waals surface area contributed by atoms with E-state index in [0.717, 1.165) is 38.5 Å². The lowest BCUT2D eigenvalue weighted by Gasteiger charge is -2.48. The van der Waals surface area contributed by atoms with Crippen LogP contribution in [0.5, 0.6) is 0 Å². The standard InChI is InChI=1S/C60H115NO18/c1-3-5-7-8-9-10-11-12-13-14-15-16-17-18-19-20-21-22-23-24-25-26-27-28-29-30-31-32-33-34-36-37-44(65)43(61-48(66)38-35-6-4-2)42-74-58-54(72)51(69)56(46(40-63)76-58)79-60-55(73)52(70)57(47(41-64)77-60)78-59-53(71)50(68)49(67)45(39-62)75-59/h43-47,49-60,62-65,67-73H,3-42H2,1-2H3,(H,61,66). The number of aliphatic hydroxyl groups excluding tert-OH is 11. The van der Waals surface area contributed by atoms with Gasteiger partial charge in [-0.1, -0.05) is 226 Å². The third-order valence-corrected chi connectivity index (χ3v) is 16.4. The van der Waals surface area contributed by atoms with Gasteiger partial charge in [-0.05, 0) is 12.8 Å². The normalized spacial score (nSPS) is 30.2. The smallest absolute Gasteiger partial charge is 0.220 e. The molecule has 3 aliphatic heterocycles. The highest BCUT2D eigenvalue weighted by atomic mass is 16.8. The van der Waals surface area contributed by atoms with Crippen LogP contribution in [0.15, 0.2) is 0 Å². The van der Waals surface area contributed by atoms with E-state index in [4.69, 9.17) is 28.4 Å². The molecule has 0 radical (unpaired) electrons. The van der Waals surface area contributed by atoms with Gasteiger partial charge in [0, 0.05) is 6.42 Å². The summed E-state index contributed by atoms with van der Waals surface area (Å²) in [5, 5.41) is 120. The fourth-order valence-corrected chi connectivity index (χ4v) is 11.2. The van der Waals surface area contributed by atoms with E-state index in [1.165, 1.54) is 173 Å². The Hall–Kier alpha value is -1.21. The maximum absolute atomic E-state index is 13.0. The number of ether oxygens (including phenoxy) is 6. The number of nitrogens with one attached hydrogen (secondary N) is 1. The van der Waals surface area contributed by atoms with Gasteiger partial charge in [0.2, 0.25) is 5.91 Å². The van der Waals surface area contributed by atoms with Crippen molar-refractivity contribution in [1.82, 2.24) is 5.32 Å². The molecule has 19 nitrogen and oxygen atoms in total. The average molecular weight is 1140 g/mol. The first-order chi connectivity index (χ1) is 38.3. The van der Waals surface area contributed by atoms with E-state index in [9.17, 15) is 61.0 Å². The average Bonchev–Trinajstić information content (AvgIpc) is 3.49. The summed E-state index contributed by atoms with van der Waals surface area (Å²) in [6, 6.07) is -0.877. The summed E-state index contributed by atoms with van der Waals surface area (Å²) >= 11 is 0. The maximum atomic E-state index is 13.0. The summed E-state index contributed by atoms with van der Waals surface area (Å²) in [5.74, 6) is -0.265. The summed E-state index contributed by atoms with van der Waals surface area (Å²) in [6.07, 6.45) is 17.8. The number of hydrogen-bond acceptors (Lipinski definition) is 18. The molecule has 17 unspecified atom stereocenters. The third-order valence-electron chi connectivity index (χ3n) is 16.4. The lowest BCUT2D eigenvalue weighted by atomic mass is 9.96. The first kappa shape index (κ1) is 72.1. The number of aliphatic hydroxyl groups is 11. The van der Waals surface area contributed by atoms with Crippen molar-refractivity contribution in [2.75, 3.05) is 26.4 Å². The molecular formula is C60H115NO18. The molecule has 19 heteroatoms. The quantitative estimate of drug-likeness (QED) is 0.0294. The van der Waals surface area contributed by atoms with E-state index < -0.39 is 124 Å². The van der Waals surface area contributed by atoms with Gasteiger partial charge in [-0.2, -0.15) is 0 Å². The summed E-state index contributed by atoms with van der Waals surface area (Å²) in [4.78, 5) is 13.0. The van der Waals surface area contributed by atoms with Crippen molar-refractivity contribution in [3.8, 4) is 0 Å². The number of hydrogen-bond donors (Lipinski definition) is 12. The van der Waals surface area contributed by atoms with E-state index >= 15 is 0 Å². The molecule has 468 valence electrons. The molecule has 0 spiro atoms. The molecule has 3 fully saturated rings. The van der Waals surface area contributed by atoms with Gasteiger partial charge in [-0.25, -0.2) is 0 Å². The van der Waals surface area contributed by atoms with Crippen molar-refractivity contribution in [1.29, 1.82) is 0 Å². The van der Waals surface area contributed by atoms with Gasteiger partial charge in [-0.15, -0.1) is 0 Å². The minimum absolute atomic E-state index is 0.255. The van der Waals surface area contributed by atoms with Crippen LogP contribution in [0.1, 0.15) is 245 Å². The highest BCUT2D eigenvalue weighted by Crippen LogP contribution is 2.33. The van der Waals surface area contributed by atoms with Crippen molar-refractivity contribution in [2.24, 2.45) is 0 Å². The molecule has 3 rings (SSSR count). The number of carbonyl (C=O) groups excluding carboxylic acids is 1. The first-order valence-electron chi connectivity index (χ1n) is 31.8. The lowest BCUT2D eigenvalue weighted by Crippen LogP contribution is -2.66. The molecular weight excluding hydrogens is 1020 g/mol. The van der Waals surface area contributed by atoms with Gasteiger partial charge in [-0.3, -0.25) is 4.79 Å². The molecule has 3 aliphatic rings. The van der Waals surface area contributed by atoms with Gasteiger partial charge < -0.3 is 89.9 Å². The Morgan fingerprint density at radius 2 is 0.722 bits per heavy atom. The predicted molar refractivity (Wildman–Crippen MR) is 300 cm³/mol. The summed E-state index contributed by atoms with van der Waals surface area (Å²) < 4.78 is 34.1. The van der Waals surface area contributed by atoms with Gasteiger partial charge >= 0.3 is 0 Å². The zero-order chi connectivity index (χ0) is 57.6. The molecule has 3 heterocycles. The fourth-order valence-electron chi connectivity index (χ4n) is 11.2. The minimum Gasteiger partial charge on any atom is -0.394 e. The fraction of sp³-hybridized carbons (Fsp3) is 0.983. The highest BCUT2D eigenvalue weighted by molar-refractivity contribution is 5.76. The van der Waals surface area contributed by atoms with Crippen LogP contribution in [0, 0.1) is 0 Å². The zero-order valence-electron chi connectivity index (χ0n) is 48.9. The molecule has 0 aromatic heterocycles. The summed E-state index contributed by atoms with van der Waals surface area (Å²) in [6.45, 7) is 1.62. The van der Waals surface area contributed by atoms with Crippen molar-refractivity contribution in [3.05, 3.63) is 0 Å². The Morgan fingerprint density at radius 3 is 1.10 bits per heavy atom. The van der Waals surface area contributed by atoms with Crippen LogP contribution in [-0.2, 0) is 33.2 Å². The summed E-state index contributed by atoms with van der Waals surface area (Å²) in [7, 11) is 0. The Bertz CT molecular complexity index is 1450. The Kier molecular flexibility index (Phi) is 40.4. The zero-order valence-corrected chi connectivity index (χ0v) is 48.9. The largest absolute Gasteiger partial charge is 0.394 e. The van der Waals surface area contributed by atoms with Crippen molar-refractivity contribution in [3.63, 3.8) is 0 Å². The molecule has 0 aromatic rings. The second kappa shape index (κ2) is 44.3. The third kappa shape index (κ3) is 28.0. The Balaban J connectivity index is 1.28. The molecule has 17 atom stereocenters. The van der Waals surface area contributed by atoms with Crippen LogP contribution >= 0.6 is 0 Å². The molecule has 0 aliphatic carbocycles. The molecule has 12 N–H and O–H groups in total. The predicted octanol–water partition coefficient (Wildman–Crippen LogP) is 6.38. The number of rotatable bonds is 48.